The van der Waals surface area contributed by atoms with Crippen LogP contribution in [0.15, 0.2) is 152 Å². The SMILES string of the molecule is CC1(C)c2ccccc2-c2nc3ccc4ccccc4c3c(-c3cccc(-c4cccc(-c5cc6cccnc6c6ncccc56)c4)c3)c21. The minimum absolute atomic E-state index is 0.213. The molecule has 0 atom stereocenters. The van der Waals surface area contributed by atoms with Gasteiger partial charge in [-0.1, -0.05) is 117 Å². The van der Waals surface area contributed by atoms with Crippen LogP contribution in [0.25, 0.3) is 88.1 Å². The minimum atomic E-state index is -0.213. The second-order valence-corrected chi connectivity index (χ2v) is 13.6. The lowest BCUT2D eigenvalue weighted by atomic mass is 9.77. The van der Waals surface area contributed by atoms with E-state index in [2.05, 4.69) is 146 Å². The molecule has 0 saturated carbocycles. The van der Waals surface area contributed by atoms with Crippen molar-refractivity contribution in [3.8, 4) is 44.6 Å². The largest absolute Gasteiger partial charge is 0.254 e. The average Bonchev–Trinajstić information content (AvgIpc) is 3.39. The zero-order valence-electron chi connectivity index (χ0n) is 27.3. The number of rotatable bonds is 3. The standard InChI is InChI=1S/C46H31N3/c1-46(2)38-20-6-5-18-36(38)44-42(46)40(41-34-17-4-3-11-28(34)21-22-39(41)49-44)32-15-8-13-30(26-32)29-12-7-14-31(25-29)37-27-33-16-9-23-47-43(33)45-35(37)19-10-24-48-45/h3-27H,1-2H3. The molecular formula is C46H31N3. The molecule has 0 spiro atoms. The first kappa shape index (κ1) is 27.9. The third-order valence-corrected chi connectivity index (χ3v) is 10.5. The van der Waals surface area contributed by atoms with Crippen LogP contribution < -0.4 is 0 Å². The second kappa shape index (κ2) is 10.4. The Labute approximate surface area is 284 Å². The van der Waals surface area contributed by atoms with Crippen molar-refractivity contribution in [1.82, 2.24) is 15.0 Å². The Hall–Kier alpha value is -6.19. The van der Waals surface area contributed by atoms with Gasteiger partial charge in [0.15, 0.2) is 0 Å². The van der Waals surface area contributed by atoms with Crippen molar-refractivity contribution in [1.29, 1.82) is 0 Å². The number of nitrogens with zero attached hydrogens (tertiary/aromatic N) is 3. The first-order chi connectivity index (χ1) is 24.1. The van der Waals surface area contributed by atoms with Gasteiger partial charge in [0, 0.05) is 39.5 Å². The fourth-order valence-electron chi connectivity index (χ4n) is 8.23. The summed E-state index contributed by atoms with van der Waals surface area (Å²) in [4.78, 5) is 14.8. The molecule has 9 aromatic rings. The first-order valence-corrected chi connectivity index (χ1v) is 16.9. The third kappa shape index (κ3) is 4.12. The Morgan fingerprint density at radius 3 is 2.04 bits per heavy atom. The summed E-state index contributed by atoms with van der Waals surface area (Å²) >= 11 is 0. The van der Waals surface area contributed by atoms with E-state index in [1.165, 1.54) is 55.1 Å². The van der Waals surface area contributed by atoms with Crippen molar-refractivity contribution >= 4 is 43.5 Å². The van der Waals surface area contributed by atoms with Gasteiger partial charge in [0.25, 0.3) is 0 Å². The molecule has 0 bridgehead atoms. The lowest BCUT2D eigenvalue weighted by Crippen LogP contribution is -2.16. The van der Waals surface area contributed by atoms with Crippen molar-refractivity contribution in [3.63, 3.8) is 0 Å². The molecule has 1 aliphatic carbocycles. The van der Waals surface area contributed by atoms with E-state index in [9.17, 15) is 0 Å². The average molecular weight is 626 g/mol. The summed E-state index contributed by atoms with van der Waals surface area (Å²) < 4.78 is 0. The number of pyridine rings is 3. The van der Waals surface area contributed by atoms with Gasteiger partial charge in [-0.3, -0.25) is 9.97 Å². The predicted molar refractivity (Wildman–Crippen MR) is 204 cm³/mol. The smallest absolute Gasteiger partial charge is 0.0970 e. The normalized spacial score (nSPS) is 13.3. The topological polar surface area (TPSA) is 38.7 Å². The van der Waals surface area contributed by atoms with E-state index >= 15 is 0 Å². The monoisotopic (exact) mass is 625 g/mol. The van der Waals surface area contributed by atoms with Crippen LogP contribution in [0, 0.1) is 0 Å². The molecule has 0 saturated heterocycles. The van der Waals surface area contributed by atoms with Crippen LogP contribution in [0.4, 0.5) is 0 Å². The van der Waals surface area contributed by atoms with Gasteiger partial charge in [-0.25, -0.2) is 4.98 Å². The van der Waals surface area contributed by atoms with E-state index < -0.39 is 0 Å². The fourth-order valence-corrected chi connectivity index (χ4v) is 8.23. The second-order valence-electron chi connectivity index (χ2n) is 13.6. The first-order valence-electron chi connectivity index (χ1n) is 16.9. The molecule has 49 heavy (non-hydrogen) atoms. The van der Waals surface area contributed by atoms with Gasteiger partial charge in [0.2, 0.25) is 0 Å². The molecule has 0 N–H and O–H groups in total. The van der Waals surface area contributed by atoms with Crippen molar-refractivity contribution in [2.45, 2.75) is 19.3 Å². The molecule has 3 heteroatoms. The van der Waals surface area contributed by atoms with Crippen LogP contribution >= 0.6 is 0 Å². The highest BCUT2D eigenvalue weighted by Gasteiger charge is 2.39. The Morgan fingerprint density at radius 1 is 0.490 bits per heavy atom. The summed E-state index contributed by atoms with van der Waals surface area (Å²) in [7, 11) is 0. The van der Waals surface area contributed by atoms with Gasteiger partial charge < -0.3 is 0 Å². The summed E-state index contributed by atoms with van der Waals surface area (Å²) in [6.07, 6.45) is 3.69. The zero-order valence-corrected chi connectivity index (χ0v) is 27.3. The van der Waals surface area contributed by atoms with Gasteiger partial charge in [0.1, 0.15) is 0 Å². The van der Waals surface area contributed by atoms with Crippen LogP contribution in [-0.4, -0.2) is 15.0 Å². The van der Waals surface area contributed by atoms with Crippen molar-refractivity contribution in [2.24, 2.45) is 0 Å². The molecule has 0 unspecified atom stereocenters. The number of aromatic nitrogens is 3. The Morgan fingerprint density at radius 2 is 1.16 bits per heavy atom. The Bertz CT molecular complexity index is 2810. The van der Waals surface area contributed by atoms with Gasteiger partial charge in [0.05, 0.1) is 22.2 Å². The quantitative estimate of drug-likeness (QED) is 0.183. The molecule has 0 radical (unpaired) electrons. The van der Waals surface area contributed by atoms with Crippen molar-refractivity contribution in [3.05, 3.63) is 163 Å². The zero-order chi connectivity index (χ0) is 32.7. The lowest BCUT2D eigenvalue weighted by molar-refractivity contribution is 0.662. The van der Waals surface area contributed by atoms with E-state index in [-0.39, 0.29) is 5.41 Å². The maximum absolute atomic E-state index is 5.39. The summed E-state index contributed by atoms with van der Waals surface area (Å²) in [5, 5.41) is 5.86. The lowest BCUT2D eigenvalue weighted by Gasteiger charge is -2.26. The number of hydrogen-bond donors (Lipinski definition) is 0. The molecule has 0 amide bonds. The fraction of sp³-hybridized carbons (Fsp3) is 0.0652. The Balaban J connectivity index is 1.21. The number of benzene rings is 6. The van der Waals surface area contributed by atoms with E-state index in [0.29, 0.717) is 0 Å². The van der Waals surface area contributed by atoms with E-state index in [1.54, 1.807) is 0 Å². The van der Waals surface area contributed by atoms with Gasteiger partial charge in [-0.15, -0.1) is 0 Å². The highest BCUT2D eigenvalue weighted by Crippen LogP contribution is 2.54. The molecular weight excluding hydrogens is 595 g/mol. The molecule has 0 aliphatic heterocycles. The molecule has 3 aromatic heterocycles. The van der Waals surface area contributed by atoms with Crippen molar-refractivity contribution < 1.29 is 0 Å². The maximum Gasteiger partial charge on any atom is 0.0970 e. The van der Waals surface area contributed by atoms with Crippen LogP contribution in [0.5, 0.6) is 0 Å². The predicted octanol–water partition coefficient (Wildman–Crippen LogP) is 11.8. The molecule has 3 nitrogen and oxygen atoms in total. The summed E-state index contributed by atoms with van der Waals surface area (Å²) in [6.45, 7) is 4.71. The summed E-state index contributed by atoms with van der Waals surface area (Å²) in [5.74, 6) is 0. The van der Waals surface area contributed by atoms with Gasteiger partial charge in [-0.05, 0) is 91.7 Å². The molecule has 6 aromatic carbocycles. The minimum Gasteiger partial charge on any atom is -0.254 e. The highest BCUT2D eigenvalue weighted by atomic mass is 14.7. The third-order valence-electron chi connectivity index (χ3n) is 10.5. The molecule has 0 fully saturated rings. The molecule has 1 aliphatic rings. The number of fused-ring (bicyclic) bond motifs is 9. The van der Waals surface area contributed by atoms with E-state index in [4.69, 9.17) is 9.97 Å². The highest BCUT2D eigenvalue weighted by molar-refractivity contribution is 6.16. The van der Waals surface area contributed by atoms with Crippen LogP contribution in [0.1, 0.15) is 25.0 Å². The van der Waals surface area contributed by atoms with Gasteiger partial charge >= 0.3 is 0 Å². The summed E-state index contributed by atoms with van der Waals surface area (Å²) in [5.41, 5.74) is 14.8. The molecule has 3 heterocycles. The Kier molecular flexibility index (Phi) is 5.92. The molecule has 230 valence electrons. The number of hydrogen-bond acceptors (Lipinski definition) is 3. The maximum atomic E-state index is 5.39. The van der Waals surface area contributed by atoms with Crippen LogP contribution in [0.2, 0.25) is 0 Å². The van der Waals surface area contributed by atoms with Crippen LogP contribution in [-0.2, 0) is 5.41 Å². The van der Waals surface area contributed by atoms with Crippen LogP contribution in [0.3, 0.4) is 0 Å². The summed E-state index contributed by atoms with van der Waals surface area (Å²) in [6, 6.07) is 50.4. The van der Waals surface area contributed by atoms with E-state index in [1.807, 2.05) is 24.5 Å². The van der Waals surface area contributed by atoms with Gasteiger partial charge in [-0.2, -0.15) is 0 Å². The molecule has 10 rings (SSSR count). The van der Waals surface area contributed by atoms with Crippen molar-refractivity contribution in [2.75, 3.05) is 0 Å². The van der Waals surface area contributed by atoms with E-state index in [0.717, 1.165) is 44.1 Å².